The van der Waals surface area contributed by atoms with Crippen LogP contribution in [0, 0.1) is 0 Å². The molecule has 0 aliphatic heterocycles. The third-order valence-corrected chi connectivity index (χ3v) is 3.95. The van der Waals surface area contributed by atoms with Crippen LogP contribution in [0.15, 0.2) is 5.38 Å². The second kappa shape index (κ2) is 4.94. The summed E-state index contributed by atoms with van der Waals surface area (Å²) in [6.07, 6.45) is 1.09. The monoisotopic (exact) mass is 248 g/mol. The van der Waals surface area contributed by atoms with Gasteiger partial charge in [-0.05, 0) is 13.5 Å². The fourth-order valence-corrected chi connectivity index (χ4v) is 2.21. The Balaban J connectivity index is 2.63. The number of hydrogen-bond donors (Lipinski definition) is 1. The Kier molecular flexibility index (Phi) is 4.18. The second-order valence-electron chi connectivity index (χ2n) is 2.58. The van der Waals surface area contributed by atoms with E-state index >= 15 is 0 Å². The smallest absolute Gasteiger partial charge is 0.107 e. The van der Waals surface area contributed by atoms with Gasteiger partial charge >= 0.3 is 0 Å². The van der Waals surface area contributed by atoms with Gasteiger partial charge in [0.15, 0.2) is 0 Å². The van der Waals surface area contributed by atoms with Crippen LogP contribution in [-0.4, -0.2) is 12.0 Å². The summed E-state index contributed by atoms with van der Waals surface area (Å²) in [6.45, 7) is 3.01. The molecule has 4 heteroatoms. The van der Waals surface area contributed by atoms with Crippen LogP contribution in [0.1, 0.15) is 28.9 Å². The van der Waals surface area contributed by atoms with E-state index in [4.69, 9.17) is 0 Å². The molecule has 0 spiro atoms. The molecule has 0 radical (unpaired) electrons. The maximum Gasteiger partial charge on any atom is 0.107 e. The highest BCUT2D eigenvalue weighted by atomic mass is 79.9. The Morgan fingerprint density at radius 3 is 3.08 bits per heavy atom. The molecular formula is C8H13BrN2S. The maximum absolute atomic E-state index is 4.48. The predicted octanol–water partition coefficient (Wildman–Crippen LogP) is 2.71. The lowest BCUT2D eigenvalue weighted by atomic mass is 10.3. The van der Waals surface area contributed by atoms with E-state index in [2.05, 4.69) is 38.5 Å². The predicted molar refractivity (Wildman–Crippen MR) is 56.8 cm³/mol. The van der Waals surface area contributed by atoms with Gasteiger partial charge in [-0.3, -0.25) is 0 Å². The highest BCUT2D eigenvalue weighted by Gasteiger charge is 2.08. The Bertz CT molecular complexity index is 237. The van der Waals surface area contributed by atoms with Gasteiger partial charge in [0.05, 0.1) is 10.5 Å². The second-order valence-corrected chi connectivity index (χ2v) is 4.58. The molecule has 0 aliphatic rings. The molecule has 0 saturated carbocycles. The average Bonchev–Trinajstić information content (AvgIpc) is 2.52. The minimum absolute atomic E-state index is 0.424. The van der Waals surface area contributed by atoms with E-state index in [1.807, 2.05) is 7.05 Å². The molecular weight excluding hydrogens is 236 g/mol. The van der Waals surface area contributed by atoms with E-state index in [0.717, 1.165) is 18.7 Å². The first kappa shape index (κ1) is 10.2. The normalized spacial score (nSPS) is 13.2. The summed E-state index contributed by atoms with van der Waals surface area (Å²) in [5.74, 6) is 0. The summed E-state index contributed by atoms with van der Waals surface area (Å²) >= 11 is 5.30. The van der Waals surface area contributed by atoms with Gasteiger partial charge < -0.3 is 5.32 Å². The lowest BCUT2D eigenvalue weighted by Gasteiger charge is -1.99. The van der Waals surface area contributed by atoms with Crippen LogP contribution in [0.2, 0.25) is 0 Å². The molecule has 1 aromatic rings. The van der Waals surface area contributed by atoms with E-state index in [9.17, 15) is 0 Å². The number of alkyl halides is 1. The van der Waals surface area contributed by atoms with Crippen molar-refractivity contribution in [1.29, 1.82) is 0 Å². The maximum atomic E-state index is 4.48. The van der Waals surface area contributed by atoms with Gasteiger partial charge in [0.25, 0.3) is 0 Å². The first-order valence-corrected chi connectivity index (χ1v) is 5.80. The van der Waals surface area contributed by atoms with Crippen molar-refractivity contribution in [3.63, 3.8) is 0 Å². The van der Waals surface area contributed by atoms with Crippen molar-refractivity contribution in [2.75, 3.05) is 7.05 Å². The Hall–Kier alpha value is 0.0700. The standard InChI is InChI=1S/C8H13BrN2S/c1-3-7(9)8-11-6(4-10-2)5-12-8/h5,7,10H,3-4H2,1-2H3. The van der Waals surface area contributed by atoms with Crippen LogP contribution < -0.4 is 5.32 Å². The van der Waals surface area contributed by atoms with Crippen molar-refractivity contribution in [3.05, 3.63) is 16.1 Å². The number of hydrogen-bond acceptors (Lipinski definition) is 3. The van der Waals surface area contributed by atoms with E-state index in [0.29, 0.717) is 4.83 Å². The highest BCUT2D eigenvalue weighted by Crippen LogP contribution is 2.28. The minimum atomic E-state index is 0.424. The van der Waals surface area contributed by atoms with Crippen molar-refractivity contribution < 1.29 is 0 Å². The van der Waals surface area contributed by atoms with Crippen molar-refractivity contribution >= 4 is 27.3 Å². The number of thiazole rings is 1. The van der Waals surface area contributed by atoms with E-state index in [1.165, 1.54) is 5.01 Å². The highest BCUT2D eigenvalue weighted by molar-refractivity contribution is 9.09. The SMILES string of the molecule is CCC(Br)c1nc(CNC)cs1. The molecule has 0 bridgehead atoms. The van der Waals surface area contributed by atoms with Gasteiger partial charge in [0.1, 0.15) is 5.01 Å². The van der Waals surface area contributed by atoms with Crippen LogP contribution in [0.4, 0.5) is 0 Å². The zero-order valence-electron chi connectivity index (χ0n) is 7.30. The quantitative estimate of drug-likeness (QED) is 0.830. The van der Waals surface area contributed by atoms with Crippen LogP contribution in [0.5, 0.6) is 0 Å². The van der Waals surface area contributed by atoms with E-state index in [1.54, 1.807) is 11.3 Å². The van der Waals surface area contributed by atoms with E-state index in [-0.39, 0.29) is 0 Å². The Morgan fingerprint density at radius 2 is 2.50 bits per heavy atom. The molecule has 0 amide bonds. The fraction of sp³-hybridized carbons (Fsp3) is 0.625. The summed E-state index contributed by atoms with van der Waals surface area (Å²) in [4.78, 5) is 4.90. The summed E-state index contributed by atoms with van der Waals surface area (Å²) in [7, 11) is 1.93. The molecule has 68 valence electrons. The van der Waals surface area contributed by atoms with Gasteiger partial charge in [-0.2, -0.15) is 0 Å². The third-order valence-electron chi connectivity index (χ3n) is 1.55. The van der Waals surface area contributed by atoms with Crippen molar-refractivity contribution in [3.8, 4) is 0 Å². The van der Waals surface area contributed by atoms with Gasteiger partial charge in [0, 0.05) is 11.9 Å². The summed E-state index contributed by atoms with van der Waals surface area (Å²) in [5.41, 5.74) is 1.13. The largest absolute Gasteiger partial charge is 0.314 e. The topological polar surface area (TPSA) is 24.9 Å². The molecule has 2 nitrogen and oxygen atoms in total. The Labute approximate surface area is 85.5 Å². The van der Waals surface area contributed by atoms with Gasteiger partial charge in [-0.1, -0.05) is 22.9 Å². The number of rotatable bonds is 4. The molecule has 1 heterocycles. The number of nitrogens with one attached hydrogen (secondary N) is 1. The van der Waals surface area contributed by atoms with Gasteiger partial charge in [0.2, 0.25) is 0 Å². The molecule has 1 atom stereocenters. The molecule has 12 heavy (non-hydrogen) atoms. The zero-order chi connectivity index (χ0) is 8.97. The summed E-state index contributed by atoms with van der Waals surface area (Å²) < 4.78 is 0. The first-order chi connectivity index (χ1) is 5.77. The first-order valence-electron chi connectivity index (χ1n) is 4.01. The van der Waals surface area contributed by atoms with Crippen LogP contribution >= 0.6 is 27.3 Å². The molecule has 0 fully saturated rings. The van der Waals surface area contributed by atoms with E-state index < -0.39 is 0 Å². The van der Waals surface area contributed by atoms with Crippen LogP contribution in [0.25, 0.3) is 0 Å². The lowest BCUT2D eigenvalue weighted by Crippen LogP contribution is -2.05. The lowest BCUT2D eigenvalue weighted by molar-refractivity contribution is 0.786. The van der Waals surface area contributed by atoms with Crippen LogP contribution in [-0.2, 0) is 6.54 Å². The molecule has 0 saturated heterocycles. The summed E-state index contributed by atoms with van der Waals surface area (Å²) in [6, 6.07) is 0. The zero-order valence-corrected chi connectivity index (χ0v) is 9.70. The number of halogens is 1. The Morgan fingerprint density at radius 1 is 1.75 bits per heavy atom. The molecule has 1 aromatic heterocycles. The number of nitrogens with zero attached hydrogens (tertiary/aromatic N) is 1. The molecule has 0 aliphatic carbocycles. The van der Waals surface area contributed by atoms with Crippen LogP contribution in [0.3, 0.4) is 0 Å². The average molecular weight is 249 g/mol. The molecule has 1 rings (SSSR count). The van der Waals surface area contributed by atoms with Crippen molar-refractivity contribution in [1.82, 2.24) is 10.3 Å². The minimum Gasteiger partial charge on any atom is -0.314 e. The number of aromatic nitrogens is 1. The van der Waals surface area contributed by atoms with Gasteiger partial charge in [-0.25, -0.2) is 4.98 Å². The van der Waals surface area contributed by atoms with Crippen molar-refractivity contribution in [2.24, 2.45) is 0 Å². The molecule has 1 N–H and O–H groups in total. The molecule has 1 unspecified atom stereocenters. The summed E-state index contributed by atoms with van der Waals surface area (Å²) in [5, 5.41) is 6.37. The fourth-order valence-electron chi connectivity index (χ4n) is 0.903. The van der Waals surface area contributed by atoms with Gasteiger partial charge in [-0.15, -0.1) is 11.3 Å². The molecule has 0 aromatic carbocycles. The third kappa shape index (κ3) is 2.54. The van der Waals surface area contributed by atoms with Crippen molar-refractivity contribution in [2.45, 2.75) is 24.7 Å².